The van der Waals surface area contributed by atoms with Gasteiger partial charge < -0.3 is 10.5 Å². The Morgan fingerprint density at radius 1 is 1.67 bits per heavy atom. The van der Waals surface area contributed by atoms with E-state index in [-0.39, 0.29) is 5.97 Å². The number of halogens is 1. The minimum Gasteiger partial charge on any atom is -0.469 e. The number of hydrogen-bond acceptors (Lipinski definition) is 4. The number of ether oxygens (including phenoxy) is 1. The van der Waals surface area contributed by atoms with Gasteiger partial charge in [-0.25, -0.2) is 0 Å². The second-order valence-electron chi connectivity index (χ2n) is 3.16. The third-order valence-corrected chi connectivity index (χ3v) is 2.28. The quantitative estimate of drug-likeness (QED) is 0.615. The predicted octanol–water partition coefficient (Wildman–Crippen LogP) is 1.46. The number of aromatic nitrogens is 2. The Morgan fingerprint density at radius 3 is 2.93 bits per heavy atom. The van der Waals surface area contributed by atoms with Crippen molar-refractivity contribution in [1.29, 1.82) is 0 Å². The van der Waals surface area contributed by atoms with Gasteiger partial charge in [0, 0.05) is 19.2 Å². The summed E-state index contributed by atoms with van der Waals surface area (Å²) in [6.45, 7) is 0.702. The van der Waals surface area contributed by atoms with Gasteiger partial charge in [0.2, 0.25) is 0 Å². The van der Waals surface area contributed by atoms with Gasteiger partial charge >= 0.3 is 5.97 Å². The van der Waals surface area contributed by atoms with Crippen LogP contribution in [-0.4, -0.2) is 22.9 Å². The lowest BCUT2D eigenvalue weighted by molar-refractivity contribution is -0.140. The number of unbranched alkanes of at least 4 members (excludes halogenated alkanes) is 1. The van der Waals surface area contributed by atoms with Gasteiger partial charge in [-0.1, -0.05) is 11.6 Å². The van der Waals surface area contributed by atoms with Crippen LogP contribution in [0.3, 0.4) is 0 Å². The maximum Gasteiger partial charge on any atom is 0.305 e. The maximum absolute atomic E-state index is 10.8. The second kappa shape index (κ2) is 5.60. The molecule has 0 radical (unpaired) electrons. The number of carbonyl (C=O) groups excluding carboxylic acids is 1. The molecule has 1 heterocycles. The van der Waals surface area contributed by atoms with Gasteiger partial charge in [-0.2, -0.15) is 5.10 Å². The van der Waals surface area contributed by atoms with Crippen molar-refractivity contribution in [3.63, 3.8) is 0 Å². The lowest BCUT2D eigenvalue weighted by atomic mass is 10.2. The van der Waals surface area contributed by atoms with Crippen LogP contribution in [0.1, 0.15) is 19.3 Å². The molecule has 0 aliphatic heterocycles. The highest BCUT2D eigenvalue weighted by atomic mass is 35.5. The van der Waals surface area contributed by atoms with Gasteiger partial charge in [-0.15, -0.1) is 0 Å². The summed E-state index contributed by atoms with van der Waals surface area (Å²) in [5.41, 5.74) is 5.48. The monoisotopic (exact) mass is 231 g/mol. The number of rotatable bonds is 5. The maximum atomic E-state index is 10.8. The molecular formula is C9H14ClN3O2. The molecule has 0 saturated carbocycles. The van der Waals surface area contributed by atoms with E-state index in [1.54, 1.807) is 10.9 Å². The topological polar surface area (TPSA) is 70.1 Å². The van der Waals surface area contributed by atoms with Crippen LogP contribution in [-0.2, 0) is 16.1 Å². The molecule has 0 atom stereocenters. The van der Waals surface area contributed by atoms with E-state index in [2.05, 4.69) is 9.84 Å². The fraction of sp³-hybridized carbons (Fsp3) is 0.556. The van der Waals surface area contributed by atoms with Crippen molar-refractivity contribution in [3.05, 3.63) is 11.2 Å². The molecule has 0 unspecified atom stereocenters. The van der Waals surface area contributed by atoms with Crippen LogP contribution in [0, 0.1) is 0 Å². The largest absolute Gasteiger partial charge is 0.469 e. The molecule has 1 aromatic rings. The van der Waals surface area contributed by atoms with Gasteiger partial charge in [0.25, 0.3) is 0 Å². The second-order valence-corrected chi connectivity index (χ2v) is 3.57. The predicted molar refractivity (Wildman–Crippen MR) is 57.5 cm³/mol. The van der Waals surface area contributed by atoms with Crippen LogP contribution in [0.2, 0.25) is 5.02 Å². The number of nitrogens with zero attached hydrogens (tertiary/aromatic N) is 2. The Balaban J connectivity index is 2.23. The molecule has 5 nitrogen and oxygen atoms in total. The van der Waals surface area contributed by atoms with E-state index in [0.29, 0.717) is 23.8 Å². The van der Waals surface area contributed by atoms with Crippen LogP contribution in [0.25, 0.3) is 0 Å². The average Bonchev–Trinajstić information content (AvgIpc) is 2.53. The molecule has 15 heavy (non-hydrogen) atoms. The minimum atomic E-state index is -0.187. The first-order valence-corrected chi connectivity index (χ1v) is 5.06. The number of nitrogen functional groups attached to an aromatic ring is 1. The van der Waals surface area contributed by atoms with E-state index in [4.69, 9.17) is 17.3 Å². The van der Waals surface area contributed by atoms with E-state index >= 15 is 0 Å². The summed E-state index contributed by atoms with van der Waals surface area (Å²) in [5.74, 6) is 0.151. The SMILES string of the molecule is COC(=O)CCCCn1cc(Cl)c(N)n1. The summed E-state index contributed by atoms with van der Waals surface area (Å²) >= 11 is 5.73. The van der Waals surface area contributed by atoms with Crippen molar-refractivity contribution in [2.24, 2.45) is 0 Å². The smallest absolute Gasteiger partial charge is 0.305 e. The minimum absolute atomic E-state index is 0.187. The molecule has 0 spiro atoms. The van der Waals surface area contributed by atoms with Crippen LogP contribution < -0.4 is 5.73 Å². The van der Waals surface area contributed by atoms with E-state index in [0.717, 1.165) is 12.8 Å². The Hall–Kier alpha value is -1.23. The highest BCUT2D eigenvalue weighted by Gasteiger charge is 2.03. The lowest BCUT2D eigenvalue weighted by Crippen LogP contribution is -2.03. The van der Waals surface area contributed by atoms with Crippen molar-refractivity contribution in [2.75, 3.05) is 12.8 Å². The molecule has 6 heteroatoms. The third-order valence-electron chi connectivity index (χ3n) is 1.99. The number of nitrogens with two attached hydrogens (primary N) is 1. The molecule has 0 saturated heterocycles. The molecule has 2 N–H and O–H groups in total. The zero-order valence-electron chi connectivity index (χ0n) is 8.57. The van der Waals surface area contributed by atoms with Crippen LogP contribution in [0.4, 0.5) is 5.82 Å². The Labute approximate surface area is 93.1 Å². The van der Waals surface area contributed by atoms with Crippen LogP contribution in [0.5, 0.6) is 0 Å². The number of methoxy groups -OCH3 is 1. The van der Waals surface area contributed by atoms with E-state index < -0.39 is 0 Å². The Kier molecular flexibility index (Phi) is 4.42. The highest BCUT2D eigenvalue weighted by molar-refractivity contribution is 6.32. The Bertz CT molecular complexity index is 319. The van der Waals surface area contributed by atoms with Crippen molar-refractivity contribution >= 4 is 23.4 Å². The molecule has 0 aliphatic rings. The highest BCUT2D eigenvalue weighted by Crippen LogP contribution is 2.15. The molecule has 0 aromatic carbocycles. The zero-order valence-corrected chi connectivity index (χ0v) is 9.33. The number of aryl methyl sites for hydroxylation is 1. The van der Waals surface area contributed by atoms with Crippen LogP contribution in [0.15, 0.2) is 6.20 Å². The Morgan fingerprint density at radius 2 is 2.40 bits per heavy atom. The summed E-state index contributed by atoms with van der Waals surface area (Å²) < 4.78 is 6.20. The van der Waals surface area contributed by atoms with Gasteiger partial charge in [0.1, 0.15) is 5.02 Å². The fourth-order valence-electron chi connectivity index (χ4n) is 1.17. The van der Waals surface area contributed by atoms with Crippen molar-refractivity contribution in [3.8, 4) is 0 Å². The van der Waals surface area contributed by atoms with Gasteiger partial charge in [0.05, 0.1) is 7.11 Å². The molecule has 0 amide bonds. The number of anilines is 1. The van der Waals surface area contributed by atoms with Crippen molar-refractivity contribution < 1.29 is 9.53 Å². The molecule has 0 aliphatic carbocycles. The zero-order chi connectivity index (χ0) is 11.3. The lowest BCUT2D eigenvalue weighted by Gasteiger charge is -2.00. The average molecular weight is 232 g/mol. The van der Waals surface area contributed by atoms with Gasteiger partial charge in [-0.05, 0) is 12.8 Å². The van der Waals surface area contributed by atoms with Gasteiger partial charge in [0.15, 0.2) is 5.82 Å². The molecule has 0 bridgehead atoms. The first-order valence-electron chi connectivity index (χ1n) is 4.68. The molecule has 0 fully saturated rings. The molecule has 1 rings (SSSR count). The molecular weight excluding hydrogens is 218 g/mol. The summed E-state index contributed by atoms with van der Waals surface area (Å²) in [6, 6.07) is 0. The third kappa shape index (κ3) is 3.79. The normalized spacial score (nSPS) is 10.3. The standard InChI is InChI=1S/C9H14ClN3O2/c1-15-8(14)4-2-3-5-13-6-7(10)9(11)12-13/h6H,2-5H2,1H3,(H2,11,12). The van der Waals surface area contributed by atoms with E-state index in [9.17, 15) is 4.79 Å². The number of hydrogen-bond donors (Lipinski definition) is 1. The number of esters is 1. The first-order chi connectivity index (χ1) is 7.13. The summed E-state index contributed by atoms with van der Waals surface area (Å²) in [4.78, 5) is 10.8. The molecule has 84 valence electrons. The van der Waals surface area contributed by atoms with Crippen LogP contribution >= 0.6 is 11.6 Å². The summed E-state index contributed by atoms with van der Waals surface area (Å²) in [5, 5.41) is 4.45. The fourth-order valence-corrected chi connectivity index (χ4v) is 1.32. The number of carbonyl (C=O) groups is 1. The summed E-state index contributed by atoms with van der Waals surface area (Å²) in [7, 11) is 1.39. The van der Waals surface area contributed by atoms with Gasteiger partial charge in [-0.3, -0.25) is 9.48 Å². The molecule has 1 aromatic heterocycles. The summed E-state index contributed by atoms with van der Waals surface area (Å²) in [6.07, 6.45) is 3.71. The van der Waals surface area contributed by atoms with E-state index in [1.807, 2.05) is 0 Å². The first kappa shape index (κ1) is 11.8. The van der Waals surface area contributed by atoms with Crippen molar-refractivity contribution in [2.45, 2.75) is 25.8 Å². The van der Waals surface area contributed by atoms with E-state index in [1.165, 1.54) is 7.11 Å². The van der Waals surface area contributed by atoms with Crippen molar-refractivity contribution in [1.82, 2.24) is 9.78 Å².